The largest absolute Gasteiger partial charge is 0.481 e. The van der Waals surface area contributed by atoms with Gasteiger partial charge in [0, 0.05) is 35.0 Å². The van der Waals surface area contributed by atoms with Crippen LogP contribution in [0.15, 0.2) is 60.0 Å². The van der Waals surface area contributed by atoms with E-state index in [1.165, 1.54) is 11.3 Å². The number of carboxylic acids is 1. The third-order valence-corrected chi connectivity index (χ3v) is 7.34. The van der Waals surface area contributed by atoms with Gasteiger partial charge in [-0.3, -0.25) is 14.5 Å². The van der Waals surface area contributed by atoms with Crippen LogP contribution in [0.2, 0.25) is 5.02 Å². The lowest BCUT2D eigenvalue weighted by molar-refractivity contribution is -0.141. The van der Waals surface area contributed by atoms with Crippen LogP contribution in [0.25, 0.3) is 11.3 Å². The Labute approximate surface area is 201 Å². The summed E-state index contributed by atoms with van der Waals surface area (Å²) in [6.45, 7) is 0.236. The van der Waals surface area contributed by atoms with Gasteiger partial charge in [-0.05, 0) is 30.4 Å². The standard InChI is InChI=1S/C25H25ClN2O4S/c26-21-9-5-4-8-19(21)22-15-33-25(27-22)28-13-16(14-29)10-11-18(17-6-2-1-3-7-17)20(24(28)32)12-23(30)31/h1-9,15-16,18,20,29H,10-14H2,(H,30,31)/t16?,18-,20+/m1/s1. The summed E-state index contributed by atoms with van der Waals surface area (Å²) >= 11 is 7.65. The minimum absolute atomic E-state index is 0.0579. The van der Waals surface area contributed by atoms with Crippen LogP contribution in [0.1, 0.15) is 30.7 Å². The van der Waals surface area contributed by atoms with E-state index in [0.29, 0.717) is 35.2 Å². The number of thiazole rings is 1. The molecular formula is C25H25ClN2O4S. The first-order valence-corrected chi connectivity index (χ1v) is 12.1. The molecule has 0 aliphatic carbocycles. The van der Waals surface area contributed by atoms with E-state index in [2.05, 4.69) is 4.98 Å². The zero-order valence-electron chi connectivity index (χ0n) is 17.9. The molecule has 3 atom stereocenters. The van der Waals surface area contributed by atoms with Crippen molar-refractivity contribution in [3.05, 3.63) is 70.6 Å². The van der Waals surface area contributed by atoms with Gasteiger partial charge in [0.05, 0.1) is 18.0 Å². The number of amides is 1. The minimum atomic E-state index is -1.01. The maximum atomic E-state index is 13.8. The quantitative estimate of drug-likeness (QED) is 0.509. The van der Waals surface area contributed by atoms with Crippen molar-refractivity contribution < 1.29 is 19.8 Å². The Morgan fingerprint density at radius 2 is 1.85 bits per heavy atom. The molecule has 6 nitrogen and oxygen atoms in total. The molecule has 1 aromatic heterocycles. The zero-order chi connectivity index (χ0) is 23.4. The number of aliphatic carboxylic acids is 1. The molecular weight excluding hydrogens is 460 g/mol. The lowest BCUT2D eigenvalue weighted by Crippen LogP contribution is -2.45. The van der Waals surface area contributed by atoms with Gasteiger partial charge >= 0.3 is 5.97 Å². The number of anilines is 1. The summed E-state index contributed by atoms with van der Waals surface area (Å²) in [6.07, 6.45) is 1.05. The van der Waals surface area contributed by atoms with Crippen molar-refractivity contribution >= 4 is 39.9 Å². The van der Waals surface area contributed by atoms with Crippen LogP contribution in [-0.4, -0.2) is 40.2 Å². The Balaban J connectivity index is 1.73. The van der Waals surface area contributed by atoms with Crippen molar-refractivity contribution in [2.75, 3.05) is 18.1 Å². The number of hydrogen-bond acceptors (Lipinski definition) is 5. The van der Waals surface area contributed by atoms with Gasteiger partial charge in [-0.2, -0.15) is 0 Å². The smallest absolute Gasteiger partial charge is 0.304 e. The first kappa shape index (κ1) is 23.4. The molecule has 0 spiro atoms. The number of carbonyl (C=O) groups excluding carboxylic acids is 1. The molecule has 0 saturated carbocycles. The summed E-state index contributed by atoms with van der Waals surface area (Å²) in [5.41, 5.74) is 2.36. The molecule has 1 fully saturated rings. The monoisotopic (exact) mass is 484 g/mol. The highest BCUT2D eigenvalue weighted by molar-refractivity contribution is 7.14. The zero-order valence-corrected chi connectivity index (χ0v) is 19.5. The van der Waals surface area contributed by atoms with E-state index in [1.54, 1.807) is 11.0 Å². The van der Waals surface area contributed by atoms with Gasteiger partial charge in [0.1, 0.15) is 0 Å². The van der Waals surface area contributed by atoms with Crippen LogP contribution in [0.3, 0.4) is 0 Å². The lowest BCUT2D eigenvalue weighted by atomic mass is 9.77. The molecule has 1 saturated heterocycles. The van der Waals surface area contributed by atoms with E-state index >= 15 is 0 Å². The molecule has 8 heteroatoms. The molecule has 1 amide bonds. The molecule has 1 aliphatic rings. The van der Waals surface area contributed by atoms with E-state index in [4.69, 9.17) is 11.6 Å². The van der Waals surface area contributed by atoms with Gasteiger partial charge in [-0.1, -0.05) is 60.1 Å². The van der Waals surface area contributed by atoms with Crippen LogP contribution < -0.4 is 4.90 Å². The minimum Gasteiger partial charge on any atom is -0.481 e. The molecule has 0 bridgehead atoms. The molecule has 33 heavy (non-hydrogen) atoms. The van der Waals surface area contributed by atoms with Crippen LogP contribution >= 0.6 is 22.9 Å². The number of hydrogen-bond donors (Lipinski definition) is 2. The molecule has 1 aliphatic heterocycles. The highest BCUT2D eigenvalue weighted by atomic mass is 35.5. The second kappa shape index (κ2) is 10.5. The summed E-state index contributed by atoms with van der Waals surface area (Å²) in [4.78, 5) is 31.8. The Hall–Kier alpha value is -2.74. The number of nitrogens with zero attached hydrogens (tertiary/aromatic N) is 2. The molecule has 2 aromatic carbocycles. The van der Waals surface area contributed by atoms with Gasteiger partial charge in [0.2, 0.25) is 5.91 Å². The van der Waals surface area contributed by atoms with Crippen molar-refractivity contribution in [1.82, 2.24) is 4.98 Å². The highest BCUT2D eigenvalue weighted by Gasteiger charge is 2.39. The second-order valence-electron chi connectivity index (χ2n) is 8.29. The summed E-state index contributed by atoms with van der Waals surface area (Å²) in [6, 6.07) is 16.9. The van der Waals surface area contributed by atoms with Crippen molar-refractivity contribution in [2.24, 2.45) is 11.8 Å². The van der Waals surface area contributed by atoms with Gasteiger partial charge in [-0.15, -0.1) is 11.3 Å². The van der Waals surface area contributed by atoms with Crippen molar-refractivity contribution in [3.63, 3.8) is 0 Å². The van der Waals surface area contributed by atoms with E-state index in [0.717, 1.165) is 11.1 Å². The first-order valence-electron chi connectivity index (χ1n) is 10.9. The number of rotatable bonds is 6. The molecule has 2 heterocycles. The van der Waals surface area contributed by atoms with E-state index < -0.39 is 11.9 Å². The van der Waals surface area contributed by atoms with Crippen LogP contribution in [0.5, 0.6) is 0 Å². The van der Waals surface area contributed by atoms with Gasteiger partial charge in [0.15, 0.2) is 5.13 Å². The Kier molecular flexibility index (Phi) is 7.42. The average molecular weight is 485 g/mol. The fourth-order valence-corrected chi connectivity index (χ4v) is 5.52. The van der Waals surface area contributed by atoms with Gasteiger partial charge in [0.25, 0.3) is 0 Å². The van der Waals surface area contributed by atoms with Crippen LogP contribution in [0, 0.1) is 11.8 Å². The third-order valence-electron chi connectivity index (χ3n) is 6.15. The number of aliphatic hydroxyl groups is 1. The van der Waals surface area contributed by atoms with E-state index in [1.807, 2.05) is 53.9 Å². The Morgan fingerprint density at radius 1 is 1.12 bits per heavy atom. The summed E-state index contributed by atoms with van der Waals surface area (Å²) < 4.78 is 0. The third kappa shape index (κ3) is 5.27. The number of aromatic nitrogens is 1. The number of carboxylic acid groups (broad SMARTS) is 1. The topological polar surface area (TPSA) is 90.7 Å². The maximum Gasteiger partial charge on any atom is 0.304 e. The number of benzene rings is 2. The molecule has 2 N–H and O–H groups in total. The molecule has 4 rings (SSSR count). The summed E-state index contributed by atoms with van der Waals surface area (Å²) in [5.74, 6) is -2.39. The summed E-state index contributed by atoms with van der Waals surface area (Å²) in [7, 11) is 0. The van der Waals surface area contributed by atoms with Crippen molar-refractivity contribution in [3.8, 4) is 11.3 Å². The highest BCUT2D eigenvalue weighted by Crippen LogP contribution is 2.39. The average Bonchev–Trinajstić information content (AvgIpc) is 3.29. The van der Waals surface area contributed by atoms with Crippen LogP contribution in [-0.2, 0) is 9.59 Å². The van der Waals surface area contributed by atoms with Gasteiger partial charge in [-0.25, -0.2) is 4.98 Å². The predicted octanol–water partition coefficient (Wildman–Crippen LogP) is 5.07. The Bertz CT molecular complexity index is 1120. The van der Waals surface area contributed by atoms with E-state index in [9.17, 15) is 19.8 Å². The van der Waals surface area contributed by atoms with Crippen molar-refractivity contribution in [1.29, 1.82) is 0 Å². The molecule has 172 valence electrons. The number of halogens is 1. The molecule has 3 aromatic rings. The fourth-order valence-electron chi connectivity index (χ4n) is 4.45. The molecule has 0 radical (unpaired) electrons. The lowest BCUT2D eigenvalue weighted by Gasteiger charge is -2.35. The van der Waals surface area contributed by atoms with E-state index in [-0.39, 0.29) is 30.8 Å². The predicted molar refractivity (Wildman–Crippen MR) is 130 cm³/mol. The summed E-state index contributed by atoms with van der Waals surface area (Å²) in [5, 5.41) is 22.5. The second-order valence-corrected chi connectivity index (χ2v) is 9.54. The SMILES string of the molecule is O=C(O)C[C@@H]1C(=O)N(c2nc(-c3ccccc3Cl)cs2)CC(CO)CC[C@@H]1c1ccccc1. The van der Waals surface area contributed by atoms with Crippen LogP contribution in [0.4, 0.5) is 5.13 Å². The number of aliphatic hydroxyl groups excluding tert-OH is 1. The first-order chi connectivity index (χ1) is 16.0. The van der Waals surface area contributed by atoms with Gasteiger partial charge < -0.3 is 10.2 Å². The van der Waals surface area contributed by atoms with Crippen molar-refractivity contribution in [2.45, 2.75) is 25.2 Å². The number of carbonyl (C=O) groups is 2. The fraction of sp³-hybridized carbons (Fsp3) is 0.320. The normalized spacial score (nSPS) is 21.5. The molecule has 1 unspecified atom stereocenters. The Morgan fingerprint density at radius 3 is 2.55 bits per heavy atom. The maximum absolute atomic E-state index is 13.8.